The molecular weight excluding hydrogens is 282 g/mol. The van der Waals surface area contributed by atoms with Crippen molar-refractivity contribution in [2.24, 2.45) is 10.8 Å². The minimum Gasteiger partial charge on any atom is -0.382 e. The van der Waals surface area contributed by atoms with Gasteiger partial charge in [-0.05, 0) is 13.8 Å². The topological polar surface area (TPSA) is 129 Å². The Labute approximate surface area is 106 Å². The summed E-state index contributed by atoms with van der Waals surface area (Å²) in [7, 11) is -2.59. The average Bonchev–Trinajstić information content (AvgIpc) is 2.22. The highest BCUT2D eigenvalue weighted by Gasteiger charge is 2.15. The van der Waals surface area contributed by atoms with Crippen LogP contribution in [0, 0.1) is 0 Å². The fraction of sp³-hybridized carbons (Fsp3) is 0.571. The summed E-state index contributed by atoms with van der Waals surface area (Å²) >= 11 is 0. The van der Waals surface area contributed by atoms with Gasteiger partial charge in [0, 0.05) is 25.4 Å². The molecule has 11 heteroatoms. The minimum absolute atomic E-state index is 0.600. The van der Waals surface area contributed by atoms with Gasteiger partial charge in [0.25, 0.3) is 0 Å². The van der Waals surface area contributed by atoms with Crippen LogP contribution in [0.5, 0.6) is 0 Å². The highest BCUT2D eigenvalue weighted by Crippen LogP contribution is 2.30. The molecule has 0 aromatic rings. The van der Waals surface area contributed by atoms with Crippen molar-refractivity contribution in [1.29, 1.82) is 0 Å². The molecule has 0 amide bonds. The molecule has 0 bridgehead atoms. The molecule has 106 valence electrons. The van der Waals surface area contributed by atoms with Crippen LogP contribution in [0.3, 0.4) is 0 Å². The standard InChI is InChI=1S/C7H14N4.H4O5P2/c1-5-6(2)10(3)11(4)9-7(5)8;1-6(2)5-7(3)4/h1-4H3,(H2,8,9);6-7H,(H,1,2)(H,3,4). The lowest BCUT2D eigenvalue weighted by Crippen LogP contribution is -2.38. The SMILES string of the molecule is CC1=C(C)N(C)N(C)N=C1N.O=[PH](O)O[PH](=O)O. The number of hydrogen-bond acceptors (Lipinski definition) is 7. The molecule has 1 heterocycles. The number of amidine groups is 1. The molecule has 0 aliphatic carbocycles. The predicted molar refractivity (Wildman–Crippen MR) is 69.0 cm³/mol. The summed E-state index contributed by atoms with van der Waals surface area (Å²) in [6, 6.07) is 0. The van der Waals surface area contributed by atoms with Crippen molar-refractivity contribution >= 4 is 22.3 Å². The second kappa shape index (κ2) is 7.56. The number of rotatable bonds is 2. The normalized spacial score (nSPS) is 18.9. The maximum Gasteiger partial charge on any atom is 0.323 e. The van der Waals surface area contributed by atoms with Gasteiger partial charge in [-0.25, -0.2) is 9.43 Å². The van der Waals surface area contributed by atoms with Crippen LogP contribution in [-0.4, -0.2) is 39.8 Å². The molecule has 0 fully saturated rings. The van der Waals surface area contributed by atoms with Gasteiger partial charge in [-0.1, -0.05) is 0 Å². The number of hydrazine groups is 1. The van der Waals surface area contributed by atoms with Gasteiger partial charge < -0.3 is 15.5 Å². The van der Waals surface area contributed by atoms with Crippen LogP contribution in [0.4, 0.5) is 0 Å². The van der Waals surface area contributed by atoms with E-state index in [4.69, 9.17) is 15.5 Å². The molecule has 0 saturated heterocycles. The molecular formula is C7H18N4O5P2. The molecule has 1 rings (SSSR count). The second-order valence-electron chi connectivity index (χ2n) is 3.34. The Morgan fingerprint density at radius 3 is 2.00 bits per heavy atom. The smallest absolute Gasteiger partial charge is 0.323 e. The van der Waals surface area contributed by atoms with Crippen LogP contribution in [0.1, 0.15) is 13.8 Å². The summed E-state index contributed by atoms with van der Waals surface area (Å²) in [5.74, 6) is 0.600. The fourth-order valence-electron chi connectivity index (χ4n) is 1.02. The van der Waals surface area contributed by atoms with Crippen molar-refractivity contribution in [3.8, 4) is 0 Å². The first-order chi connectivity index (χ1) is 8.16. The molecule has 2 unspecified atom stereocenters. The Kier molecular flexibility index (Phi) is 7.20. The van der Waals surface area contributed by atoms with Crippen molar-refractivity contribution in [3.05, 3.63) is 11.3 Å². The van der Waals surface area contributed by atoms with E-state index in [0.29, 0.717) is 5.84 Å². The molecule has 1 aliphatic heterocycles. The summed E-state index contributed by atoms with van der Waals surface area (Å²) in [6.07, 6.45) is 0. The number of allylic oxidation sites excluding steroid dienone is 1. The monoisotopic (exact) mass is 300 g/mol. The number of hydrogen-bond donors (Lipinski definition) is 3. The Hall–Kier alpha value is -0.850. The molecule has 0 aromatic carbocycles. The summed E-state index contributed by atoms with van der Waals surface area (Å²) in [5.41, 5.74) is 7.83. The third kappa shape index (κ3) is 5.66. The molecule has 0 spiro atoms. The average molecular weight is 300 g/mol. The molecule has 4 N–H and O–H groups in total. The lowest BCUT2D eigenvalue weighted by molar-refractivity contribution is 0.0637. The van der Waals surface area contributed by atoms with Crippen molar-refractivity contribution in [3.63, 3.8) is 0 Å². The Morgan fingerprint density at radius 2 is 1.67 bits per heavy atom. The molecule has 0 radical (unpaired) electrons. The van der Waals surface area contributed by atoms with E-state index < -0.39 is 16.5 Å². The van der Waals surface area contributed by atoms with Crippen molar-refractivity contribution in [1.82, 2.24) is 10.1 Å². The summed E-state index contributed by atoms with van der Waals surface area (Å²) in [4.78, 5) is 15.4. The van der Waals surface area contributed by atoms with Gasteiger partial charge in [-0.3, -0.25) is 14.1 Å². The third-order valence-electron chi connectivity index (χ3n) is 2.27. The number of nitrogens with two attached hydrogens (primary N) is 1. The zero-order valence-electron chi connectivity index (χ0n) is 10.5. The number of hydrazone groups is 1. The summed E-state index contributed by atoms with van der Waals surface area (Å²) < 4.78 is 22.3. The lowest BCUT2D eigenvalue weighted by atomic mass is 10.2. The van der Waals surface area contributed by atoms with E-state index in [9.17, 15) is 9.13 Å². The first-order valence-corrected chi connectivity index (χ1v) is 7.32. The van der Waals surface area contributed by atoms with E-state index in [-0.39, 0.29) is 0 Å². The lowest BCUT2D eigenvalue weighted by Gasteiger charge is -2.33. The Bertz CT molecular complexity index is 399. The maximum absolute atomic E-state index is 9.44. The molecule has 1 aliphatic rings. The molecule has 0 aromatic heterocycles. The van der Waals surface area contributed by atoms with E-state index in [1.807, 2.05) is 33.0 Å². The van der Waals surface area contributed by atoms with Crippen LogP contribution in [0.15, 0.2) is 16.4 Å². The van der Waals surface area contributed by atoms with Gasteiger partial charge in [-0.2, -0.15) is 0 Å². The van der Waals surface area contributed by atoms with Gasteiger partial charge >= 0.3 is 16.5 Å². The zero-order valence-corrected chi connectivity index (χ0v) is 12.5. The Morgan fingerprint density at radius 1 is 1.22 bits per heavy atom. The van der Waals surface area contributed by atoms with Gasteiger partial charge in [-0.15, -0.1) is 5.10 Å². The molecule has 0 saturated carbocycles. The van der Waals surface area contributed by atoms with Crippen molar-refractivity contribution in [2.75, 3.05) is 14.1 Å². The van der Waals surface area contributed by atoms with Gasteiger partial charge in [0.2, 0.25) is 0 Å². The van der Waals surface area contributed by atoms with Crippen LogP contribution in [0.2, 0.25) is 0 Å². The van der Waals surface area contributed by atoms with Gasteiger partial charge in [0.05, 0.1) is 0 Å². The van der Waals surface area contributed by atoms with E-state index in [1.54, 1.807) is 5.12 Å². The first-order valence-electron chi connectivity index (χ1n) is 4.79. The molecule has 18 heavy (non-hydrogen) atoms. The maximum atomic E-state index is 9.44. The van der Waals surface area contributed by atoms with Crippen LogP contribution < -0.4 is 5.73 Å². The van der Waals surface area contributed by atoms with E-state index in [0.717, 1.165) is 11.3 Å². The van der Waals surface area contributed by atoms with Crippen LogP contribution in [-0.2, 0) is 13.4 Å². The molecule has 2 atom stereocenters. The number of nitrogens with zero attached hydrogens (tertiary/aromatic N) is 3. The first kappa shape index (κ1) is 17.2. The summed E-state index contributed by atoms with van der Waals surface area (Å²) in [5, 5.41) is 7.76. The third-order valence-corrected chi connectivity index (χ3v) is 3.67. The van der Waals surface area contributed by atoms with Gasteiger partial charge in [0.15, 0.2) is 0 Å². The summed E-state index contributed by atoms with van der Waals surface area (Å²) in [6.45, 7) is 3.99. The fourth-order valence-corrected chi connectivity index (χ4v) is 1.62. The Balaban J connectivity index is 0.000000360. The van der Waals surface area contributed by atoms with Gasteiger partial charge in [0.1, 0.15) is 5.84 Å². The molecule has 9 nitrogen and oxygen atoms in total. The zero-order chi connectivity index (χ0) is 14.5. The predicted octanol–water partition coefficient (Wildman–Crippen LogP) is 0.112. The quantitative estimate of drug-likeness (QED) is 0.613. The largest absolute Gasteiger partial charge is 0.382 e. The minimum atomic E-state index is -3.20. The van der Waals surface area contributed by atoms with Crippen molar-refractivity contribution in [2.45, 2.75) is 13.8 Å². The van der Waals surface area contributed by atoms with E-state index in [2.05, 4.69) is 9.41 Å². The second-order valence-corrected chi connectivity index (χ2v) is 5.22. The van der Waals surface area contributed by atoms with Crippen molar-refractivity contribution < 1.29 is 23.2 Å². The highest BCUT2D eigenvalue weighted by molar-refractivity contribution is 7.46. The van der Waals surface area contributed by atoms with Crippen LogP contribution >= 0.6 is 16.5 Å². The van der Waals surface area contributed by atoms with E-state index >= 15 is 0 Å². The highest BCUT2D eigenvalue weighted by atomic mass is 31.2. The van der Waals surface area contributed by atoms with E-state index in [1.165, 1.54) is 0 Å². The van der Waals surface area contributed by atoms with Crippen LogP contribution in [0.25, 0.3) is 0 Å².